The Morgan fingerprint density at radius 3 is 2.29 bits per heavy atom. The molecule has 1 fully saturated rings. The van der Waals surface area contributed by atoms with E-state index < -0.39 is 0 Å². The van der Waals surface area contributed by atoms with Crippen LogP contribution in [0.2, 0.25) is 0 Å². The summed E-state index contributed by atoms with van der Waals surface area (Å²) >= 11 is 0. The molecule has 0 bridgehead atoms. The van der Waals surface area contributed by atoms with Crippen LogP contribution in [0.1, 0.15) is 5.56 Å². The molecule has 3 aromatic rings. The van der Waals surface area contributed by atoms with Crippen molar-refractivity contribution in [3.05, 3.63) is 84.7 Å². The number of piperazine rings is 1. The van der Waals surface area contributed by atoms with Crippen molar-refractivity contribution in [2.24, 2.45) is 0 Å². The van der Waals surface area contributed by atoms with E-state index in [0.29, 0.717) is 0 Å². The summed E-state index contributed by atoms with van der Waals surface area (Å²) in [6.45, 7) is 7.65. The zero-order chi connectivity index (χ0) is 15.9. The summed E-state index contributed by atoms with van der Waals surface area (Å²) < 4.78 is 0. The topological polar surface area (TPSA) is 30.2 Å². The Kier molecular flexibility index (Phi) is 7.71. The summed E-state index contributed by atoms with van der Waals surface area (Å²) in [5, 5.41) is 5.62. The Bertz CT molecular complexity index is 735. The maximum Gasteiger partial charge on any atom is 0.0722 e. The quantitative estimate of drug-likeness (QED) is 0.579. The van der Waals surface area contributed by atoms with Crippen molar-refractivity contribution < 1.29 is 32.7 Å². The number of hydrogen-bond acceptors (Lipinski definition) is 2. The minimum absolute atomic E-state index is 0. The van der Waals surface area contributed by atoms with E-state index in [0.717, 1.165) is 37.3 Å². The SMILES string of the molecule is [CH2-]c1ccccc1.[Y].c1cc(N2CC[N-]CC2)c2cccnc2c1. The van der Waals surface area contributed by atoms with Gasteiger partial charge in [0.25, 0.3) is 0 Å². The second-order valence-corrected chi connectivity index (χ2v) is 5.49. The van der Waals surface area contributed by atoms with Crippen LogP contribution in [0.15, 0.2) is 66.9 Å². The Labute approximate surface area is 169 Å². The van der Waals surface area contributed by atoms with Crippen LogP contribution in [-0.2, 0) is 32.7 Å². The fourth-order valence-corrected chi connectivity index (χ4v) is 2.69. The van der Waals surface area contributed by atoms with Gasteiger partial charge in [-0.05, 0) is 37.4 Å². The van der Waals surface area contributed by atoms with E-state index in [2.05, 4.69) is 46.4 Å². The summed E-state index contributed by atoms with van der Waals surface area (Å²) in [7, 11) is 0. The molecule has 0 spiro atoms. The molecule has 0 N–H and O–H groups in total. The smallest absolute Gasteiger partial charge is 0.0722 e. The van der Waals surface area contributed by atoms with Crippen molar-refractivity contribution in [2.75, 3.05) is 31.1 Å². The zero-order valence-electron chi connectivity index (χ0n) is 13.8. The van der Waals surface area contributed by atoms with E-state index in [-0.39, 0.29) is 32.7 Å². The predicted molar refractivity (Wildman–Crippen MR) is 98.0 cm³/mol. The van der Waals surface area contributed by atoms with Crippen molar-refractivity contribution in [2.45, 2.75) is 0 Å². The van der Waals surface area contributed by atoms with Crippen molar-refractivity contribution in [3.63, 3.8) is 0 Å². The molecule has 1 aliphatic heterocycles. The summed E-state index contributed by atoms with van der Waals surface area (Å²) in [4.78, 5) is 6.79. The number of pyridine rings is 1. The van der Waals surface area contributed by atoms with Crippen LogP contribution < -0.4 is 4.90 Å². The largest absolute Gasteiger partial charge is 0.659 e. The normalized spacial score (nSPS) is 13.6. The monoisotopic (exact) mass is 392 g/mol. The van der Waals surface area contributed by atoms with Crippen LogP contribution in [0.5, 0.6) is 0 Å². The van der Waals surface area contributed by atoms with Gasteiger partial charge in [-0.25, -0.2) is 0 Å². The minimum Gasteiger partial charge on any atom is -0.659 e. The van der Waals surface area contributed by atoms with Crippen LogP contribution in [-0.4, -0.2) is 31.2 Å². The van der Waals surface area contributed by atoms with E-state index in [1.807, 2.05) is 42.6 Å². The van der Waals surface area contributed by atoms with Gasteiger partial charge in [-0.1, -0.05) is 12.1 Å². The minimum atomic E-state index is 0. The second-order valence-electron chi connectivity index (χ2n) is 5.49. The number of rotatable bonds is 1. The van der Waals surface area contributed by atoms with Gasteiger partial charge in [0.15, 0.2) is 0 Å². The molecule has 0 aliphatic carbocycles. The second kappa shape index (κ2) is 9.78. The zero-order valence-corrected chi connectivity index (χ0v) is 16.6. The first kappa shape index (κ1) is 18.9. The average molecular weight is 392 g/mol. The van der Waals surface area contributed by atoms with Gasteiger partial charge >= 0.3 is 0 Å². The van der Waals surface area contributed by atoms with Crippen molar-refractivity contribution >= 4 is 16.6 Å². The van der Waals surface area contributed by atoms with Crippen molar-refractivity contribution in [1.82, 2.24) is 4.98 Å². The average Bonchev–Trinajstić information content (AvgIpc) is 2.63. The molecule has 0 amide bonds. The first-order valence-corrected chi connectivity index (χ1v) is 7.93. The molecule has 0 unspecified atom stereocenters. The third kappa shape index (κ3) is 5.04. The van der Waals surface area contributed by atoms with Gasteiger partial charge in [0.2, 0.25) is 0 Å². The third-order valence-electron chi connectivity index (χ3n) is 3.86. The first-order chi connectivity index (χ1) is 11.3. The van der Waals surface area contributed by atoms with Gasteiger partial charge in [-0.3, -0.25) is 4.98 Å². The van der Waals surface area contributed by atoms with Crippen LogP contribution in [0, 0.1) is 6.92 Å². The molecule has 1 radical (unpaired) electrons. The van der Waals surface area contributed by atoms with Crippen LogP contribution in [0.4, 0.5) is 5.69 Å². The van der Waals surface area contributed by atoms with E-state index in [4.69, 9.17) is 0 Å². The molecule has 1 aromatic heterocycles. The Morgan fingerprint density at radius 1 is 0.875 bits per heavy atom. The van der Waals surface area contributed by atoms with E-state index in [1.165, 1.54) is 11.1 Å². The Morgan fingerprint density at radius 2 is 1.62 bits per heavy atom. The summed E-state index contributed by atoms with van der Waals surface area (Å²) in [6.07, 6.45) is 1.84. The molecule has 2 heterocycles. The Balaban J connectivity index is 0.000000222. The summed E-state index contributed by atoms with van der Waals surface area (Å²) in [5.41, 5.74) is 3.44. The first-order valence-electron chi connectivity index (χ1n) is 7.93. The van der Waals surface area contributed by atoms with Gasteiger partial charge in [0, 0.05) is 50.0 Å². The summed E-state index contributed by atoms with van der Waals surface area (Å²) in [6, 6.07) is 20.3. The number of aromatic nitrogens is 1. The van der Waals surface area contributed by atoms with E-state index >= 15 is 0 Å². The van der Waals surface area contributed by atoms with E-state index in [1.54, 1.807) is 0 Å². The molecule has 0 atom stereocenters. The molecule has 4 heteroatoms. The standard InChI is InChI=1S/C13H14N3.C7H7.Y/c1-4-12-11(3-2-6-15-12)13(5-1)16-9-7-14-8-10-16;1-7-5-3-2-4-6-7;/h1-6H,7-10H2;2-6H,1H2;/q2*-1;. The molecule has 1 saturated heterocycles. The molecular formula is C20H21N3Y-2. The number of benzene rings is 2. The van der Waals surface area contributed by atoms with Crippen molar-refractivity contribution in [1.29, 1.82) is 0 Å². The number of hydrogen-bond donors (Lipinski definition) is 0. The molecule has 1 aliphatic rings. The number of fused-ring (bicyclic) bond motifs is 1. The molecule has 121 valence electrons. The maximum absolute atomic E-state index is 4.39. The van der Waals surface area contributed by atoms with Crippen molar-refractivity contribution in [3.8, 4) is 0 Å². The molecular weight excluding hydrogens is 371 g/mol. The molecule has 24 heavy (non-hydrogen) atoms. The van der Waals surface area contributed by atoms with Gasteiger partial charge in [0.05, 0.1) is 5.52 Å². The van der Waals surface area contributed by atoms with Gasteiger partial charge < -0.3 is 10.2 Å². The molecule has 2 aromatic carbocycles. The number of anilines is 1. The van der Waals surface area contributed by atoms with Crippen LogP contribution in [0.25, 0.3) is 16.2 Å². The number of nitrogens with zero attached hydrogens (tertiary/aromatic N) is 3. The van der Waals surface area contributed by atoms with Gasteiger partial charge in [-0.15, -0.1) is 25.2 Å². The Hall–Kier alpha value is -1.42. The fourth-order valence-electron chi connectivity index (χ4n) is 2.69. The summed E-state index contributed by atoms with van der Waals surface area (Å²) in [5.74, 6) is 0. The molecule has 0 saturated carbocycles. The van der Waals surface area contributed by atoms with Gasteiger partial charge in [-0.2, -0.15) is 24.6 Å². The van der Waals surface area contributed by atoms with E-state index in [9.17, 15) is 0 Å². The fraction of sp³-hybridized carbons (Fsp3) is 0.200. The maximum atomic E-state index is 4.39. The molecule has 4 rings (SSSR count). The van der Waals surface area contributed by atoms with Gasteiger partial charge in [0.1, 0.15) is 0 Å². The van der Waals surface area contributed by atoms with Crippen LogP contribution >= 0.6 is 0 Å². The predicted octanol–water partition coefficient (Wildman–Crippen LogP) is 4.29. The van der Waals surface area contributed by atoms with Crippen LogP contribution in [0.3, 0.4) is 0 Å². The third-order valence-corrected chi connectivity index (χ3v) is 3.86. The molecule has 3 nitrogen and oxygen atoms in total.